The number of halogens is 1. The third-order valence-electron chi connectivity index (χ3n) is 2.01. The lowest BCUT2D eigenvalue weighted by atomic mass is 10.2. The number of nitrogens with zero attached hydrogens (tertiary/aromatic N) is 1. The van der Waals surface area contributed by atoms with E-state index >= 15 is 0 Å². The van der Waals surface area contributed by atoms with Gasteiger partial charge in [-0.2, -0.15) is 5.10 Å². The van der Waals surface area contributed by atoms with E-state index in [0.29, 0.717) is 22.0 Å². The molecule has 0 spiro atoms. The Morgan fingerprint density at radius 3 is 2.94 bits per heavy atom. The first-order valence-corrected chi connectivity index (χ1v) is 4.90. The van der Waals surface area contributed by atoms with E-state index in [2.05, 4.69) is 15.5 Å². The molecule has 6 heteroatoms. The SMILES string of the molecule is Nc1cc(NC(=O)c2cn[nH]c2)ccc1Cl. The number of aromatic amines is 1. The number of H-pyrrole nitrogens is 1. The molecule has 0 unspecified atom stereocenters. The van der Waals surface area contributed by atoms with Crippen molar-refractivity contribution in [2.24, 2.45) is 0 Å². The third-order valence-corrected chi connectivity index (χ3v) is 2.36. The van der Waals surface area contributed by atoms with Gasteiger partial charge in [-0.15, -0.1) is 0 Å². The first kappa shape index (κ1) is 10.5. The molecule has 1 aromatic heterocycles. The summed E-state index contributed by atoms with van der Waals surface area (Å²) in [5.74, 6) is -0.254. The number of hydrogen-bond acceptors (Lipinski definition) is 3. The maximum absolute atomic E-state index is 11.6. The Labute approximate surface area is 96.6 Å². The minimum atomic E-state index is -0.254. The largest absolute Gasteiger partial charge is 0.397 e. The van der Waals surface area contributed by atoms with E-state index in [1.807, 2.05) is 0 Å². The summed E-state index contributed by atoms with van der Waals surface area (Å²) >= 11 is 5.76. The molecule has 0 aliphatic heterocycles. The lowest BCUT2D eigenvalue weighted by Crippen LogP contribution is -2.11. The zero-order valence-electron chi connectivity index (χ0n) is 8.20. The molecular formula is C10H9ClN4O. The van der Waals surface area contributed by atoms with Crippen molar-refractivity contribution < 1.29 is 4.79 Å². The standard InChI is InChI=1S/C10H9ClN4O/c11-8-2-1-7(3-9(8)12)15-10(16)6-4-13-14-5-6/h1-5H,12H2,(H,13,14)(H,15,16). The molecular weight excluding hydrogens is 228 g/mol. The van der Waals surface area contributed by atoms with E-state index in [-0.39, 0.29) is 5.91 Å². The molecule has 0 aliphatic rings. The van der Waals surface area contributed by atoms with Gasteiger partial charge in [0.2, 0.25) is 0 Å². The van der Waals surface area contributed by atoms with Crippen LogP contribution in [0.2, 0.25) is 5.02 Å². The van der Waals surface area contributed by atoms with Crippen molar-refractivity contribution in [2.45, 2.75) is 0 Å². The maximum atomic E-state index is 11.6. The van der Waals surface area contributed by atoms with Crippen molar-refractivity contribution in [3.05, 3.63) is 41.2 Å². The average molecular weight is 237 g/mol. The van der Waals surface area contributed by atoms with Gasteiger partial charge in [0.1, 0.15) is 0 Å². The zero-order chi connectivity index (χ0) is 11.5. The van der Waals surface area contributed by atoms with Crippen LogP contribution in [0.25, 0.3) is 0 Å². The van der Waals surface area contributed by atoms with Gasteiger partial charge < -0.3 is 11.1 Å². The van der Waals surface area contributed by atoms with Crippen LogP contribution >= 0.6 is 11.6 Å². The Morgan fingerprint density at radius 2 is 2.31 bits per heavy atom. The van der Waals surface area contributed by atoms with E-state index < -0.39 is 0 Å². The number of nitrogens with two attached hydrogens (primary N) is 1. The molecule has 1 aromatic carbocycles. The molecule has 0 radical (unpaired) electrons. The van der Waals surface area contributed by atoms with Crippen LogP contribution < -0.4 is 11.1 Å². The summed E-state index contributed by atoms with van der Waals surface area (Å²) < 4.78 is 0. The van der Waals surface area contributed by atoms with Crippen LogP contribution in [-0.4, -0.2) is 16.1 Å². The second kappa shape index (κ2) is 4.24. The topological polar surface area (TPSA) is 83.8 Å². The molecule has 2 aromatic rings. The molecule has 0 atom stereocenters. The minimum Gasteiger partial charge on any atom is -0.397 e. The summed E-state index contributed by atoms with van der Waals surface area (Å²) in [6, 6.07) is 4.90. The number of aromatic nitrogens is 2. The lowest BCUT2D eigenvalue weighted by Gasteiger charge is -2.05. The lowest BCUT2D eigenvalue weighted by molar-refractivity contribution is 0.102. The van der Waals surface area contributed by atoms with Gasteiger partial charge in [-0.3, -0.25) is 9.89 Å². The monoisotopic (exact) mass is 236 g/mol. The smallest absolute Gasteiger partial charge is 0.258 e. The number of carbonyl (C=O) groups is 1. The van der Waals surface area contributed by atoms with E-state index in [1.165, 1.54) is 12.4 Å². The van der Waals surface area contributed by atoms with Gasteiger partial charge in [0.15, 0.2) is 0 Å². The van der Waals surface area contributed by atoms with Crippen LogP contribution in [0.15, 0.2) is 30.6 Å². The Morgan fingerprint density at radius 1 is 1.50 bits per heavy atom. The van der Waals surface area contributed by atoms with Gasteiger partial charge in [0, 0.05) is 11.9 Å². The van der Waals surface area contributed by atoms with Crippen LogP contribution in [0, 0.1) is 0 Å². The van der Waals surface area contributed by atoms with E-state index in [0.717, 1.165) is 0 Å². The Kier molecular flexibility index (Phi) is 2.78. The number of hydrogen-bond donors (Lipinski definition) is 3. The number of nitrogens with one attached hydrogen (secondary N) is 2. The molecule has 0 bridgehead atoms. The van der Waals surface area contributed by atoms with Gasteiger partial charge in [-0.05, 0) is 18.2 Å². The highest BCUT2D eigenvalue weighted by Gasteiger charge is 2.07. The third kappa shape index (κ3) is 2.14. The van der Waals surface area contributed by atoms with Gasteiger partial charge >= 0.3 is 0 Å². The molecule has 0 saturated carbocycles. The first-order valence-electron chi connectivity index (χ1n) is 4.52. The van der Waals surface area contributed by atoms with Crippen molar-refractivity contribution in [3.8, 4) is 0 Å². The predicted molar refractivity (Wildman–Crippen MR) is 62.4 cm³/mol. The van der Waals surface area contributed by atoms with Crippen LogP contribution in [-0.2, 0) is 0 Å². The van der Waals surface area contributed by atoms with Gasteiger partial charge in [0.25, 0.3) is 5.91 Å². The van der Waals surface area contributed by atoms with Crippen LogP contribution in [0.3, 0.4) is 0 Å². The highest BCUT2D eigenvalue weighted by atomic mass is 35.5. The fraction of sp³-hybridized carbons (Fsp3) is 0. The van der Waals surface area contributed by atoms with E-state index in [4.69, 9.17) is 17.3 Å². The number of anilines is 2. The van der Waals surface area contributed by atoms with Crippen molar-refractivity contribution in [3.63, 3.8) is 0 Å². The van der Waals surface area contributed by atoms with Crippen molar-refractivity contribution in [2.75, 3.05) is 11.1 Å². The highest BCUT2D eigenvalue weighted by molar-refractivity contribution is 6.33. The predicted octanol–water partition coefficient (Wildman–Crippen LogP) is 1.90. The summed E-state index contributed by atoms with van der Waals surface area (Å²) in [6.07, 6.45) is 2.95. The molecule has 4 N–H and O–H groups in total. The summed E-state index contributed by atoms with van der Waals surface area (Å²) in [5, 5.41) is 9.38. The van der Waals surface area contributed by atoms with Gasteiger partial charge in [-0.1, -0.05) is 11.6 Å². The van der Waals surface area contributed by atoms with E-state index in [9.17, 15) is 4.79 Å². The van der Waals surface area contributed by atoms with E-state index in [1.54, 1.807) is 18.2 Å². The normalized spacial score (nSPS) is 10.1. The Balaban J connectivity index is 2.15. The van der Waals surface area contributed by atoms with Gasteiger partial charge in [-0.25, -0.2) is 0 Å². The molecule has 5 nitrogen and oxygen atoms in total. The molecule has 1 heterocycles. The molecule has 0 fully saturated rings. The average Bonchev–Trinajstić information content (AvgIpc) is 2.77. The second-order valence-electron chi connectivity index (χ2n) is 3.18. The fourth-order valence-corrected chi connectivity index (χ4v) is 1.32. The summed E-state index contributed by atoms with van der Waals surface area (Å²) in [4.78, 5) is 11.6. The molecule has 1 amide bonds. The summed E-state index contributed by atoms with van der Waals surface area (Å²) in [5.41, 5.74) is 7.08. The number of rotatable bonds is 2. The number of amides is 1. The molecule has 0 saturated heterocycles. The van der Waals surface area contributed by atoms with Crippen molar-refractivity contribution >= 4 is 28.9 Å². The Bertz CT molecular complexity index is 510. The summed E-state index contributed by atoms with van der Waals surface area (Å²) in [7, 11) is 0. The Hall–Kier alpha value is -2.01. The highest BCUT2D eigenvalue weighted by Crippen LogP contribution is 2.22. The van der Waals surface area contributed by atoms with Crippen LogP contribution in [0.1, 0.15) is 10.4 Å². The van der Waals surface area contributed by atoms with Gasteiger partial charge in [0.05, 0.1) is 22.5 Å². The minimum absolute atomic E-state index is 0.254. The molecule has 82 valence electrons. The quantitative estimate of drug-likeness (QED) is 0.697. The summed E-state index contributed by atoms with van der Waals surface area (Å²) in [6.45, 7) is 0. The number of benzene rings is 1. The molecule has 0 aliphatic carbocycles. The van der Waals surface area contributed by atoms with Crippen molar-refractivity contribution in [1.29, 1.82) is 0 Å². The fourth-order valence-electron chi connectivity index (χ4n) is 1.20. The molecule has 2 rings (SSSR count). The molecule has 16 heavy (non-hydrogen) atoms. The van der Waals surface area contributed by atoms with Crippen molar-refractivity contribution in [1.82, 2.24) is 10.2 Å². The number of carbonyl (C=O) groups excluding carboxylic acids is 1. The number of nitrogen functional groups attached to an aromatic ring is 1. The zero-order valence-corrected chi connectivity index (χ0v) is 8.95. The maximum Gasteiger partial charge on any atom is 0.258 e. The van der Waals surface area contributed by atoms with Crippen LogP contribution in [0.4, 0.5) is 11.4 Å². The van der Waals surface area contributed by atoms with Crippen LogP contribution in [0.5, 0.6) is 0 Å². The first-order chi connectivity index (χ1) is 7.66. The second-order valence-corrected chi connectivity index (χ2v) is 3.58.